The average molecular weight is 203 g/mol. The maximum Gasteiger partial charge on any atom is 0.312 e. The third-order valence-electron chi connectivity index (χ3n) is 2.70. The number of carbonyl (C=O) groups is 1. The molecule has 0 aliphatic heterocycles. The first-order valence-corrected chi connectivity index (χ1v) is 4.89. The van der Waals surface area contributed by atoms with Crippen LogP contribution in [0.1, 0.15) is 32.6 Å². The van der Waals surface area contributed by atoms with Gasteiger partial charge < -0.3 is 4.74 Å². The third kappa shape index (κ3) is 2.25. The molecule has 0 N–H and O–H groups in total. The van der Waals surface area contributed by atoms with Gasteiger partial charge in [0.1, 0.15) is 0 Å². The lowest BCUT2D eigenvalue weighted by Crippen LogP contribution is -2.38. The zero-order chi connectivity index (χ0) is 9.90. The first kappa shape index (κ1) is 10.6. The van der Waals surface area contributed by atoms with E-state index in [-0.39, 0.29) is 11.4 Å². The van der Waals surface area contributed by atoms with E-state index in [4.69, 9.17) is 16.3 Å². The maximum atomic E-state index is 11.4. The van der Waals surface area contributed by atoms with Crippen molar-refractivity contribution >= 4 is 17.6 Å². The zero-order valence-electron chi connectivity index (χ0n) is 8.10. The third-order valence-corrected chi connectivity index (χ3v) is 2.86. The molecular weight excluding hydrogens is 188 g/mol. The van der Waals surface area contributed by atoms with Gasteiger partial charge in [0.05, 0.1) is 12.5 Å². The highest BCUT2D eigenvalue weighted by molar-refractivity contribution is 6.29. The Labute approximate surface area is 83.9 Å². The number of halogens is 1. The SMILES string of the molecule is COC(=O)C1(C/C=C(/C)Cl)CCC1. The van der Waals surface area contributed by atoms with Crippen LogP contribution in [-0.2, 0) is 9.53 Å². The summed E-state index contributed by atoms with van der Waals surface area (Å²) in [6, 6.07) is 0. The van der Waals surface area contributed by atoms with Crippen molar-refractivity contribution in [3.05, 3.63) is 11.1 Å². The summed E-state index contributed by atoms with van der Waals surface area (Å²) < 4.78 is 4.78. The standard InChI is InChI=1S/C10H15ClO2/c1-8(11)4-7-10(5-3-6-10)9(12)13-2/h4H,3,5-7H2,1-2H3/b8-4-. The van der Waals surface area contributed by atoms with Crippen molar-refractivity contribution in [3.8, 4) is 0 Å². The van der Waals surface area contributed by atoms with E-state index in [0.717, 1.165) is 30.7 Å². The molecule has 0 unspecified atom stereocenters. The van der Waals surface area contributed by atoms with Gasteiger partial charge in [-0.1, -0.05) is 24.1 Å². The highest BCUT2D eigenvalue weighted by atomic mass is 35.5. The Morgan fingerprint density at radius 1 is 1.62 bits per heavy atom. The van der Waals surface area contributed by atoms with Crippen LogP contribution in [0.3, 0.4) is 0 Å². The van der Waals surface area contributed by atoms with Crippen molar-refractivity contribution in [2.75, 3.05) is 7.11 Å². The summed E-state index contributed by atoms with van der Waals surface area (Å²) in [5.41, 5.74) is -0.259. The minimum Gasteiger partial charge on any atom is -0.469 e. The van der Waals surface area contributed by atoms with Crippen LogP contribution in [0.2, 0.25) is 0 Å². The van der Waals surface area contributed by atoms with Gasteiger partial charge in [0.25, 0.3) is 0 Å². The number of ether oxygens (including phenoxy) is 1. The van der Waals surface area contributed by atoms with Gasteiger partial charge in [-0.3, -0.25) is 4.79 Å². The Morgan fingerprint density at radius 3 is 2.54 bits per heavy atom. The van der Waals surface area contributed by atoms with Crippen molar-refractivity contribution in [3.63, 3.8) is 0 Å². The van der Waals surface area contributed by atoms with E-state index in [1.807, 2.05) is 13.0 Å². The molecular formula is C10H15ClO2. The maximum absolute atomic E-state index is 11.4. The second kappa shape index (κ2) is 4.14. The summed E-state index contributed by atoms with van der Waals surface area (Å²) in [6.45, 7) is 1.82. The van der Waals surface area contributed by atoms with Crippen molar-refractivity contribution in [2.24, 2.45) is 5.41 Å². The second-order valence-electron chi connectivity index (χ2n) is 3.62. The number of methoxy groups -OCH3 is 1. The lowest BCUT2D eigenvalue weighted by atomic mass is 9.66. The van der Waals surface area contributed by atoms with E-state index in [9.17, 15) is 4.79 Å². The number of hydrogen-bond donors (Lipinski definition) is 0. The van der Waals surface area contributed by atoms with Crippen LogP contribution in [0.25, 0.3) is 0 Å². The Bertz CT molecular complexity index is 225. The van der Waals surface area contributed by atoms with Crippen molar-refractivity contribution in [1.29, 1.82) is 0 Å². The van der Waals surface area contributed by atoms with E-state index in [0.29, 0.717) is 0 Å². The lowest BCUT2D eigenvalue weighted by Gasteiger charge is -2.38. The number of rotatable bonds is 3. The van der Waals surface area contributed by atoms with Crippen LogP contribution in [0.15, 0.2) is 11.1 Å². The molecule has 0 aromatic carbocycles. The molecule has 0 aromatic rings. The van der Waals surface area contributed by atoms with Crippen molar-refractivity contribution in [2.45, 2.75) is 32.6 Å². The van der Waals surface area contributed by atoms with Crippen LogP contribution >= 0.6 is 11.6 Å². The smallest absolute Gasteiger partial charge is 0.312 e. The molecule has 13 heavy (non-hydrogen) atoms. The molecule has 0 saturated heterocycles. The fourth-order valence-corrected chi connectivity index (χ4v) is 1.72. The van der Waals surface area contributed by atoms with E-state index >= 15 is 0 Å². The quantitative estimate of drug-likeness (QED) is 0.658. The van der Waals surface area contributed by atoms with Crippen LogP contribution in [0.4, 0.5) is 0 Å². The Balaban J connectivity index is 2.60. The average Bonchev–Trinajstić information content (AvgIpc) is 2.01. The summed E-state index contributed by atoms with van der Waals surface area (Å²) in [6.07, 6.45) is 5.59. The molecule has 0 aromatic heterocycles. The van der Waals surface area contributed by atoms with Gasteiger partial charge in [-0.2, -0.15) is 0 Å². The first-order chi connectivity index (χ1) is 6.10. The summed E-state index contributed by atoms with van der Waals surface area (Å²) in [5.74, 6) is -0.0899. The summed E-state index contributed by atoms with van der Waals surface area (Å²) in [5, 5.41) is 0.746. The summed E-state index contributed by atoms with van der Waals surface area (Å²) >= 11 is 5.72. The summed E-state index contributed by atoms with van der Waals surface area (Å²) in [4.78, 5) is 11.4. The molecule has 1 rings (SSSR count). The second-order valence-corrected chi connectivity index (χ2v) is 4.22. The number of carbonyl (C=O) groups excluding carboxylic acids is 1. The van der Waals surface area contributed by atoms with Crippen molar-refractivity contribution in [1.82, 2.24) is 0 Å². The van der Waals surface area contributed by atoms with Crippen LogP contribution in [0.5, 0.6) is 0 Å². The topological polar surface area (TPSA) is 26.3 Å². The predicted octanol–water partition coefficient (Wildman–Crippen LogP) is 2.86. The fourth-order valence-electron chi connectivity index (χ4n) is 1.65. The Morgan fingerprint density at radius 2 is 2.23 bits per heavy atom. The van der Waals surface area contributed by atoms with Gasteiger partial charge >= 0.3 is 5.97 Å². The van der Waals surface area contributed by atoms with E-state index in [1.165, 1.54) is 7.11 Å². The summed E-state index contributed by atoms with van der Waals surface area (Å²) in [7, 11) is 1.44. The molecule has 0 spiro atoms. The molecule has 0 radical (unpaired) electrons. The molecule has 74 valence electrons. The molecule has 3 heteroatoms. The highest BCUT2D eigenvalue weighted by Gasteiger charge is 2.44. The van der Waals surface area contributed by atoms with E-state index in [1.54, 1.807) is 0 Å². The minimum atomic E-state index is -0.259. The molecule has 0 heterocycles. The van der Waals surface area contributed by atoms with Gasteiger partial charge in [0, 0.05) is 5.03 Å². The predicted molar refractivity (Wildman–Crippen MR) is 52.5 cm³/mol. The molecule has 0 amide bonds. The van der Waals surface area contributed by atoms with Crippen LogP contribution < -0.4 is 0 Å². The van der Waals surface area contributed by atoms with Gasteiger partial charge in [0.2, 0.25) is 0 Å². The van der Waals surface area contributed by atoms with Gasteiger partial charge in [0.15, 0.2) is 0 Å². The van der Waals surface area contributed by atoms with Crippen LogP contribution in [0, 0.1) is 5.41 Å². The molecule has 1 aliphatic carbocycles. The molecule has 0 atom stereocenters. The molecule has 1 aliphatic rings. The molecule has 0 bridgehead atoms. The molecule has 1 saturated carbocycles. The normalized spacial score (nSPS) is 20.7. The number of esters is 1. The Kier molecular flexibility index (Phi) is 3.37. The first-order valence-electron chi connectivity index (χ1n) is 4.51. The van der Waals surface area contributed by atoms with E-state index in [2.05, 4.69) is 0 Å². The lowest BCUT2D eigenvalue weighted by molar-refractivity contribution is -0.158. The fraction of sp³-hybridized carbons (Fsp3) is 0.700. The Hall–Kier alpha value is -0.500. The monoisotopic (exact) mass is 202 g/mol. The highest BCUT2D eigenvalue weighted by Crippen LogP contribution is 2.45. The zero-order valence-corrected chi connectivity index (χ0v) is 8.86. The number of allylic oxidation sites excluding steroid dienone is 2. The van der Waals surface area contributed by atoms with E-state index < -0.39 is 0 Å². The van der Waals surface area contributed by atoms with Crippen molar-refractivity contribution < 1.29 is 9.53 Å². The molecule has 1 fully saturated rings. The van der Waals surface area contributed by atoms with Crippen LogP contribution in [-0.4, -0.2) is 13.1 Å². The number of hydrogen-bond acceptors (Lipinski definition) is 2. The van der Waals surface area contributed by atoms with Gasteiger partial charge in [-0.25, -0.2) is 0 Å². The van der Waals surface area contributed by atoms with Gasteiger partial charge in [-0.15, -0.1) is 0 Å². The molecule has 2 nitrogen and oxygen atoms in total. The largest absolute Gasteiger partial charge is 0.469 e. The minimum absolute atomic E-state index is 0.0899. The van der Waals surface area contributed by atoms with Gasteiger partial charge in [-0.05, 0) is 26.2 Å².